The lowest BCUT2D eigenvalue weighted by atomic mass is 10.0. The van der Waals surface area contributed by atoms with Gasteiger partial charge < -0.3 is 15.0 Å². The summed E-state index contributed by atoms with van der Waals surface area (Å²) < 4.78 is 5.40. The minimum atomic E-state index is -0.0266. The fraction of sp³-hybridized carbons (Fsp3) is 0.370. The van der Waals surface area contributed by atoms with E-state index in [1.807, 2.05) is 42.5 Å². The van der Waals surface area contributed by atoms with Gasteiger partial charge >= 0.3 is 0 Å². The Hall–Kier alpha value is -3.29. The highest BCUT2D eigenvalue weighted by atomic mass is 16.5. The van der Waals surface area contributed by atoms with Crippen LogP contribution >= 0.6 is 0 Å². The van der Waals surface area contributed by atoms with Crippen molar-refractivity contribution in [1.82, 2.24) is 20.4 Å². The second-order valence-corrected chi connectivity index (χ2v) is 8.97. The number of nitrogens with zero attached hydrogens (tertiary/aromatic N) is 4. The summed E-state index contributed by atoms with van der Waals surface area (Å²) in [7, 11) is 0. The number of rotatable bonds is 6. The molecule has 2 aliphatic rings. The molecule has 0 saturated carbocycles. The van der Waals surface area contributed by atoms with Gasteiger partial charge in [0.15, 0.2) is 5.82 Å². The van der Waals surface area contributed by atoms with Crippen LogP contribution in [0.2, 0.25) is 0 Å². The summed E-state index contributed by atoms with van der Waals surface area (Å²) in [6, 6.07) is 22.4. The molecule has 0 atom stereocenters. The average molecular weight is 458 g/mol. The molecule has 34 heavy (non-hydrogen) atoms. The lowest BCUT2D eigenvalue weighted by molar-refractivity contribution is 0.0909. The van der Waals surface area contributed by atoms with Crippen LogP contribution in [0.5, 0.6) is 0 Å². The highest BCUT2D eigenvalue weighted by Gasteiger charge is 2.21. The van der Waals surface area contributed by atoms with Crippen LogP contribution in [0.4, 0.5) is 5.82 Å². The third kappa shape index (κ3) is 5.61. The number of hydrogen-bond donors (Lipinski definition) is 1. The van der Waals surface area contributed by atoms with Gasteiger partial charge in [-0.1, -0.05) is 42.5 Å². The van der Waals surface area contributed by atoms with E-state index in [9.17, 15) is 4.79 Å². The average Bonchev–Trinajstić information content (AvgIpc) is 2.91. The zero-order chi connectivity index (χ0) is 23.2. The van der Waals surface area contributed by atoms with Gasteiger partial charge in [0.05, 0.1) is 18.9 Å². The zero-order valence-corrected chi connectivity index (χ0v) is 19.4. The van der Waals surface area contributed by atoms with Crippen LogP contribution in [-0.4, -0.2) is 66.4 Å². The molecule has 5 rings (SSSR count). The molecule has 2 saturated heterocycles. The number of aromatic nitrogens is 2. The molecule has 0 spiro atoms. The third-order valence-electron chi connectivity index (χ3n) is 6.58. The first kappa shape index (κ1) is 22.5. The molecule has 2 aromatic carbocycles. The van der Waals surface area contributed by atoms with Crippen molar-refractivity contribution in [3.63, 3.8) is 0 Å². The molecule has 7 heteroatoms. The van der Waals surface area contributed by atoms with E-state index in [1.165, 1.54) is 5.56 Å². The van der Waals surface area contributed by atoms with E-state index in [4.69, 9.17) is 4.74 Å². The molecule has 3 aromatic rings. The van der Waals surface area contributed by atoms with Gasteiger partial charge in [0.2, 0.25) is 0 Å². The number of anilines is 1. The van der Waals surface area contributed by atoms with Gasteiger partial charge in [-0.05, 0) is 42.7 Å². The first-order valence-corrected chi connectivity index (χ1v) is 12.1. The van der Waals surface area contributed by atoms with Crippen molar-refractivity contribution >= 4 is 11.7 Å². The van der Waals surface area contributed by atoms with E-state index in [1.54, 1.807) is 0 Å². The van der Waals surface area contributed by atoms with Crippen molar-refractivity contribution < 1.29 is 9.53 Å². The van der Waals surface area contributed by atoms with E-state index in [-0.39, 0.29) is 11.9 Å². The van der Waals surface area contributed by atoms with Crippen molar-refractivity contribution in [1.29, 1.82) is 0 Å². The third-order valence-corrected chi connectivity index (χ3v) is 6.58. The zero-order valence-electron chi connectivity index (χ0n) is 19.4. The Morgan fingerprint density at radius 1 is 0.912 bits per heavy atom. The van der Waals surface area contributed by atoms with Gasteiger partial charge in [0.25, 0.3) is 5.91 Å². The number of carbonyl (C=O) groups excluding carboxylic acids is 1. The van der Waals surface area contributed by atoms with Crippen molar-refractivity contribution in [2.45, 2.75) is 25.4 Å². The highest BCUT2D eigenvalue weighted by Crippen LogP contribution is 2.21. The first-order valence-electron chi connectivity index (χ1n) is 12.1. The summed E-state index contributed by atoms with van der Waals surface area (Å²) in [5.41, 5.74) is 3.65. The quantitative estimate of drug-likeness (QED) is 0.612. The van der Waals surface area contributed by atoms with Gasteiger partial charge in [-0.15, -0.1) is 10.2 Å². The molecule has 0 radical (unpaired) electrons. The van der Waals surface area contributed by atoms with Crippen molar-refractivity contribution in [3.05, 3.63) is 77.9 Å². The van der Waals surface area contributed by atoms with Crippen LogP contribution in [0.3, 0.4) is 0 Å². The number of likely N-dealkylation sites (tertiary alicyclic amines) is 1. The molecular formula is C27H31N5O2. The molecule has 1 N–H and O–H groups in total. The monoisotopic (exact) mass is 457 g/mol. The number of carbonyl (C=O) groups is 1. The summed E-state index contributed by atoms with van der Waals surface area (Å²) in [6.07, 6.45) is 1.93. The maximum Gasteiger partial charge on any atom is 0.251 e. The number of ether oxygens (including phenoxy) is 1. The normalized spacial score (nSPS) is 17.5. The summed E-state index contributed by atoms with van der Waals surface area (Å²) in [5, 5.41) is 12.0. The van der Waals surface area contributed by atoms with Gasteiger partial charge in [0.1, 0.15) is 0 Å². The van der Waals surface area contributed by atoms with Crippen LogP contribution in [-0.2, 0) is 11.3 Å². The van der Waals surface area contributed by atoms with E-state index in [0.29, 0.717) is 18.8 Å². The molecule has 1 aromatic heterocycles. The lowest BCUT2D eigenvalue weighted by Gasteiger charge is -2.32. The molecule has 3 heterocycles. The Labute approximate surface area is 200 Å². The molecule has 176 valence electrons. The predicted molar refractivity (Wildman–Crippen MR) is 133 cm³/mol. The second kappa shape index (κ2) is 10.8. The van der Waals surface area contributed by atoms with E-state index in [2.05, 4.69) is 49.6 Å². The fourth-order valence-electron chi connectivity index (χ4n) is 4.61. The van der Waals surface area contributed by atoms with Crippen molar-refractivity contribution in [2.24, 2.45) is 0 Å². The van der Waals surface area contributed by atoms with Crippen LogP contribution in [0.1, 0.15) is 28.8 Å². The number of hydrogen-bond acceptors (Lipinski definition) is 6. The summed E-state index contributed by atoms with van der Waals surface area (Å²) in [4.78, 5) is 17.6. The van der Waals surface area contributed by atoms with E-state index < -0.39 is 0 Å². The second-order valence-electron chi connectivity index (χ2n) is 8.97. The Morgan fingerprint density at radius 2 is 1.71 bits per heavy atom. The minimum Gasteiger partial charge on any atom is -0.378 e. The highest BCUT2D eigenvalue weighted by molar-refractivity contribution is 5.95. The molecule has 0 aliphatic carbocycles. The molecule has 7 nitrogen and oxygen atoms in total. The van der Waals surface area contributed by atoms with E-state index in [0.717, 1.165) is 62.6 Å². The van der Waals surface area contributed by atoms with Crippen molar-refractivity contribution in [2.75, 3.05) is 44.3 Å². The lowest BCUT2D eigenvalue weighted by Crippen LogP contribution is -2.44. The number of amides is 1. The fourth-order valence-corrected chi connectivity index (χ4v) is 4.61. The number of piperidine rings is 1. The maximum absolute atomic E-state index is 13.0. The number of morpholine rings is 1. The Bertz CT molecular complexity index is 1080. The van der Waals surface area contributed by atoms with Gasteiger partial charge in [-0.2, -0.15) is 0 Å². The number of benzene rings is 2. The number of nitrogens with one attached hydrogen (secondary N) is 1. The predicted octanol–water partition coefficient (Wildman–Crippen LogP) is 3.37. The Morgan fingerprint density at radius 3 is 2.44 bits per heavy atom. The minimum absolute atomic E-state index is 0.0266. The maximum atomic E-state index is 13.0. The summed E-state index contributed by atoms with van der Waals surface area (Å²) >= 11 is 0. The molecule has 0 bridgehead atoms. The standard InChI is InChI=1S/C27H31N5O2/c33-27(28-24-11-13-31(14-12-24)20-21-5-2-1-3-6-21)23-8-4-7-22(19-23)25-9-10-26(30-29-25)32-15-17-34-18-16-32/h1-10,19,24H,11-18,20H2,(H,28,33). The first-order chi connectivity index (χ1) is 16.7. The summed E-state index contributed by atoms with van der Waals surface area (Å²) in [5.74, 6) is 0.834. The van der Waals surface area contributed by atoms with Gasteiger partial charge in [-0.25, -0.2) is 0 Å². The van der Waals surface area contributed by atoms with Crippen LogP contribution in [0, 0.1) is 0 Å². The summed E-state index contributed by atoms with van der Waals surface area (Å²) in [6.45, 7) is 6.04. The molecule has 0 unspecified atom stereocenters. The van der Waals surface area contributed by atoms with E-state index >= 15 is 0 Å². The van der Waals surface area contributed by atoms with Crippen LogP contribution in [0.25, 0.3) is 11.3 Å². The van der Waals surface area contributed by atoms with Gasteiger partial charge in [-0.3, -0.25) is 9.69 Å². The molecule has 2 aliphatic heterocycles. The smallest absolute Gasteiger partial charge is 0.251 e. The van der Waals surface area contributed by atoms with Gasteiger partial charge in [0, 0.05) is 49.9 Å². The Balaban J connectivity index is 1.16. The largest absolute Gasteiger partial charge is 0.378 e. The molecular weight excluding hydrogens is 426 g/mol. The van der Waals surface area contributed by atoms with Crippen molar-refractivity contribution in [3.8, 4) is 11.3 Å². The van der Waals surface area contributed by atoms with Crippen LogP contribution < -0.4 is 10.2 Å². The topological polar surface area (TPSA) is 70.6 Å². The molecule has 1 amide bonds. The SMILES string of the molecule is O=C(NC1CCN(Cc2ccccc2)CC1)c1cccc(-c2ccc(N3CCOCC3)nn2)c1. The van der Waals surface area contributed by atoms with Crippen LogP contribution in [0.15, 0.2) is 66.7 Å². The molecule has 2 fully saturated rings. The Kier molecular flexibility index (Phi) is 7.12.